The minimum Gasteiger partial charge on any atom is -0.376 e. The van der Waals surface area contributed by atoms with Gasteiger partial charge >= 0.3 is 0 Å². The molecular weight excluding hydrogens is 206 g/mol. The Morgan fingerprint density at radius 1 is 1.44 bits per heavy atom. The summed E-state index contributed by atoms with van der Waals surface area (Å²) in [6.07, 6.45) is 4.62. The molecule has 0 fully saturated rings. The van der Waals surface area contributed by atoms with Crippen molar-refractivity contribution in [3.05, 3.63) is 28.6 Å². The SMILES string of the molecule is C#CC(O)c1c(C)ncc([C@@H](O)OC)c1C. The number of aliphatic hydroxyl groups is 2. The summed E-state index contributed by atoms with van der Waals surface area (Å²) in [5, 5.41) is 19.3. The molecule has 0 aliphatic rings. The second-order valence-corrected chi connectivity index (χ2v) is 3.49. The van der Waals surface area contributed by atoms with Crippen molar-refractivity contribution in [2.75, 3.05) is 7.11 Å². The van der Waals surface area contributed by atoms with Crippen LogP contribution < -0.4 is 0 Å². The molecule has 1 aromatic rings. The largest absolute Gasteiger partial charge is 0.376 e. The first-order valence-corrected chi connectivity index (χ1v) is 4.84. The number of pyridine rings is 1. The van der Waals surface area contributed by atoms with E-state index in [1.807, 2.05) is 0 Å². The maximum Gasteiger partial charge on any atom is 0.182 e. The quantitative estimate of drug-likeness (QED) is 0.590. The summed E-state index contributed by atoms with van der Waals surface area (Å²) in [6.45, 7) is 3.52. The Morgan fingerprint density at radius 2 is 2.06 bits per heavy atom. The Bertz CT molecular complexity index is 423. The van der Waals surface area contributed by atoms with Crippen LogP contribution >= 0.6 is 0 Å². The van der Waals surface area contributed by atoms with Crippen molar-refractivity contribution >= 4 is 0 Å². The normalized spacial score (nSPS) is 14.2. The predicted octanol–water partition coefficient (Wildman–Crippen LogP) is 1.00. The van der Waals surface area contributed by atoms with Gasteiger partial charge in [0.05, 0.1) is 0 Å². The molecule has 4 nitrogen and oxygen atoms in total. The first-order chi connectivity index (χ1) is 7.52. The summed E-state index contributed by atoms with van der Waals surface area (Å²) < 4.78 is 4.81. The van der Waals surface area contributed by atoms with Crippen molar-refractivity contribution in [2.24, 2.45) is 0 Å². The fourth-order valence-electron chi connectivity index (χ4n) is 1.62. The highest BCUT2D eigenvalue weighted by molar-refractivity contribution is 5.39. The van der Waals surface area contributed by atoms with Crippen LogP contribution in [0.1, 0.15) is 34.8 Å². The predicted molar refractivity (Wildman–Crippen MR) is 59.5 cm³/mol. The molecule has 0 bridgehead atoms. The number of rotatable bonds is 3. The monoisotopic (exact) mass is 221 g/mol. The van der Waals surface area contributed by atoms with Gasteiger partial charge in [-0.05, 0) is 19.4 Å². The van der Waals surface area contributed by atoms with Gasteiger partial charge < -0.3 is 14.9 Å². The molecule has 0 aromatic carbocycles. The van der Waals surface area contributed by atoms with Crippen molar-refractivity contribution in [2.45, 2.75) is 26.2 Å². The van der Waals surface area contributed by atoms with Gasteiger partial charge in [-0.15, -0.1) is 6.42 Å². The molecular formula is C12H15NO3. The number of terminal acetylenes is 1. The third-order valence-electron chi connectivity index (χ3n) is 2.54. The van der Waals surface area contributed by atoms with Crippen molar-refractivity contribution in [1.29, 1.82) is 0 Å². The van der Waals surface area contributed by atoms with E-state index in [1.165, 1.54) is 13.3 Å². The van der Waals surface area contributed by atoms with Crippen LogP contribution in [0, 0.1) is 26.2 Å². The highest BCUT2D eigenvalue weighted by atomic mass is 16.6. The zero-order valence-electron chi connectivity index (χ0n) is 9.56. The molecule has 0 radical (unpaired) electrons. The standard InChI is InChI=1S/C12H15NO3/c1-5-10(14)11-7(2)9(12(15)16-4)6-13-8(11)3/h1,6,10,12,14-15H,2-4H3/t10?,12-/m0/s1. The molecule has 0 spiro atoms. The average Bonchev–Trinajstić information content (AvgIpc) is 2.28. The Morgan fingerprint density at radius 3 is 2.56 bits per heavy atom. The summed E-state index contributed by atoms with van der Waals surface area (Å²) in [6, 6.07) is 0. The number of methoxy groups -OCH3 is 1. The third kappa shape index (κ3) is 2.22. The van der Waals surface area contributed by atoms with Crippen molar-refractivity contribution in [3.63, 3.8) is 0 Å². The highest BCUT2D eigenvalue weighted by Gasteiger charge is 2.18. The Labute approximate surface area is 94.9 Å². The lowest BCUT2D eigenvalue weighted by atomic mass is 9.98. The van der Waals surface area contributed by atoms with Crippen LogP contribution in [0.15, 0.2) is 6.20 Å². The molecule has 1 unspecified atom stereocenters. The fourth-order valence-corrected chi connectivity index (χ4v) is 1.62. The van der Waals surface area contributed by atoms with Crippen LogP contribution in [-0.4, -0.2) is 22.3 Å². The molecule has 0 saturated carbocycles. The average molecular weight is 221 g/mol. The number of nitrogens with zero attached hydrogens (tertiary/aromatic N) is 1. The van der Waals surface area contributed by atoms with E-state index in [0.717, 1.165) is 0 Å². The zero-order valence-corrected chi connectivity index (χ0v) is 9.56. The summed E-state index contributed by atoms with van der Waals surface area (Å²) in [5.74, 6) is 2.24. The van der Waals surface area contributed by atoms with E-state index in [9.17, 15) is 10.2 Å². The first-order valence-electron chi connectivity index (χ1n) is 4.84. The van der Waals surface area contributed by atoms with Gasteiger partial charge in [0.15, 0.2) is 6.29 Å². The Balaban J connectivity index is 3.33. The van der Waals surface area contributed by atoms with Crippen LogP contribution in [0.25, 0.3) is 0 Å². The fraction of sp³-hybridized carbons (Fsp3) is 0.417. The maximum absolute atomic E-state index is 9.67. The highest BCUT2D eigenvalue weighted by Crippen LogP contribution is 2.26. The summed E-state index contributed by atoms with van der Waals surface area (Å²) in [4.78, 5) is 4.08. The van der Waals surface area contributed by atoms with Gasteiger partial charge in [-0.1, -0.05) is 5.92 Å². The van der Waals surface area contributed by atoms with E-state index in [-0.39, 0.29) is 0 Å². The first kappa shape index (κ1) is 12.7. The second kappa shape index (κ2) is 5.08. The number of aryl methyl sites for hydroxylation is 1. The van der Waals surface area contributed by atoms with Crippen molar-refractivity contribution in [3.8, 4) is 12.3 Å². The Hall–Kier alpha value is -1.41. The molecule has 0 aliphatic heterocycles. The van der Waals surface area contributed by atoms with Gasteiger partial charge in [0, 0.05) is 30.1 Å². The number of ether oxygens (including phenoxy) is 1. The van der Waals surface area contributed by atoms with E-state index in [2.05, 4.69) is 10.9 Å². The molecule has 2 atom stereocenters. The maximum atomic E-state index is 9.67. The Kier molecular flexibility index (Phi) is 4.02. The van der Waals surface area contributed by atoms with Gasteiger partial charge in [0.1, 0.15) is 6.10 Å². The lowest BCUT2D eigenvalue weighted by Gasteiger charge is -2.17. The lowest BCUT2D eigenvalue weighted by Crippen LogP contribution is -2.09. The minimum absolute atomic E-state index is 0.511. The number of aromatic nitrogens is 1. The van der Waals surface area contributed by atoms with Gasteiger partial charge in [0.25, 0.3) is 0 Å². The third-order valence-corrected chi connectivity index (χ3v) is 2.54. The molecule has 86 valence electrons. The second-order valence-electron chi connectivity index (χ2n) is 3.49. The van der Waals surface area contributed by atoms with Crippen LogP contribution in [0.5, 0.6) is 0 Å². The minimum atomic E-state index is -1.06. The van der Waals surface area contributed by atoms with Gasteiger partial charge in [-0.2, -0.15) is 0 Å². The smallest absolute Gasteiger partial charge is 0.182 e. The van der Waals surface area contributed by atoms with E-state index in [0.29, 0.717) is 22.4 Å². The molecule has 0 amide bonds. The van der Waals surface area contributed by atoms with Crippen LogP contribution in [0.2, 0.25) is 0 Å². The van der Waals surface area contributed by atoms with E-state index in [4.69, 9.17) is 11.2 Å². The molecule has 0 aliphatic carbocycles. The van der Waals surface area contributed by atoms with E-state index < -0.39 is 12.4 Å². The van der Waals surface area contributed by atoms with Gasteiger partial charge in [-0.3, -0.25) is 4.98 Å². The molecule has 16 heavy (non-hydrogen) atoms. The topological polar surface area (TPSA) is 62.6 Å². The van der Waals surface area contributed by atoms with Gasteiger partial charge in [0.2, 0.25) is 0 Å². The number of aliphatic hydroxyl groups excluding tert-OH is 2. The summed E-state index contributed by atoms with van der Waals surface area (Å²) >= 11 is 0. The lowest BCUT2D eigenvalue weighted by molar-refractivity contribution is -0.0776. The van der Waals surface area contributed by atoms with Crippen molar-refractivity contribution < 1.29 is 14.9 Å². The summed E-state index contributed by atoms with van der Waals surface area (Å²) in [5.41, 5.74) is 2.41. The van der Waals surface area contributed by atoms with Crippen LogP contribution in [-0.2, 0) is 4.74 Å². The summed E-state index contributed by atoms with van der Waals surface area (Å²) in [7, 11) is 1.39. The molecule has 1 aromatic heterocycles. The zero-order chi connectivity index (χ0) is 12.3. The molecule has 1 rings (SSSR count). The number of hydrogen-bond acceptors (Lipinski definition) is 4. The van der Waals surface area contributed by atoms with E-state index in [1.54, 1.807) is 13.8 Å². The molecule has 4 heteroatoms. The van der Waals surface area contributed by atoms with Crippen LogP contribution in [0.4, 0.5) is 0 Å². The molecule has 2 N–H and O–H groups in total. The van der Waals surface area contributed by atoms with E-state index >= 15 is 0 Å². The molecule has 1 heterocycles. The van der Waals surface area contributed by atoms with Gasteiger partial charge in [-0.25, -0.2) is 0 Å². The van der Waals surface area contributed by atoms with Crippen molar-refractivity contribution in [1.82, 2.24) is 4.98 Å². The number of hydrogen-bond donors (Lipinski definition) is 2. The van der Waals surface area contributed by atoms with Crippen LogP contribution in [0.3, 0.4) is 0 Å². The molecule has 0 saturated heterocycles.